The molecule has 2 heterocycles. The van der Waals surface area contributed by atoms with Crippen LogP contribution in [0.5, 0.6) is 0 Å². The van der Waals surface area contributed by atoms with Gasteiger partial charge in [-0.2, -0.15) is 0 Å². The smallest absolute Gasteiger partial charge is 0.211 e. The quantitative estimate of drug-likeness (QED) is 0.599. The van der Waals surface area contributed by atoms with Crippen molar-refractivity contribution in [2.45, 2.75) is 43.9 Å². The Kier molecular flexibility index (Phi) is 1.27. The number of hydrogen-bond acceptors (Lipinski definition) is 4. The maximum atomic E-state index is 7.01. The van der Waals surface area contributed by atoms with Gasteiger partial charge in [-0.3, -0.25) is 0 Å². The van der Waals surface area contributed by atoms with Crippen LogP contribution in [0, 0.1) is 0 Å². The average molecular weight is 178 g/mol. The average Bonchev–Trinajstić information content (AvgIpc) is 2.68. The third-order valence-electron chi connectivity index (χ3n) is 2.84. The first kappa shape index (κ1) is 6.32. The molecule has 0 amide bonds. The van der Waals surface area contributed by atoms with Crippen LogP contribution in [0.4, 0.5) is 0 Å². The Labute approximate surface area is 74.1 Å². The first-order valence-corrected chi connectivity index (χ1v) is 4.19. The van der Waals surface area contributed by atoms with E-state index in [1.807, 2.05) is 6.92 Å². The van der Waals surface area contributed by atoms with Crippen LogP contribution in [0.3, 0.4) is 0 Å². The molecule has 2 N–H and O–H groups in total. The third-order valence-corrected chi connectivity index (χ3v) is 2.84. The molecule has 0 radical (unpaired) electrons. The SMILES string of the molecule is [3H]OC(C)[C@]12CO[C@@H]([C@H](C)O1)[C@@H]2O[3H]. The highest BCUT2D eigenvalue weighted by Gasteiger charge is 2.61. The summed E-state index contributed by atoms with van der Waals surface area (Å²) in [5, 5.41) is 9.15. The molecule has 2 fully saturated rings. The van der Waals surface area contributed by atoms with Gasteiger partial charge in [0.25, 0.3) is 0 Å². The van der Waals surface area contributed by atoms with E-state index >= 15 is 0 Å². The molecule has 2 aliphatic rings. The van der Waals surface area contributed by atoms with Crippen molar-refractivity contribution >= 4 is 0 Å². The molecule has 70 valence electrons. The van der Waals surface area contributed by atoms with Crippen LogP contribution in [-0.4, -0.2) is 49.7 Å². The highest BCUT2D eigenvalue weighted by Crippen LogP contribution is 2.41. The molecule has 2 aliphatic heterocycles. The Hall–Kier alpha value is -0.160. The molecule has 4 heteroatoms. The molecule has 0 aromatic rings. The Morgan fingerprint density at radius 1 is 1.75 bits per heavy atom. The van der Waals surface area contributed by atoms with Gasteiger partial charge in [0.1, 0.15) is 17.8 Å². The summed E-state index contributed by atoms with van der Waals surface area (Å²) in [6, 6.07) is 0. The van der Waals surface area contributed by atoms with Crippen molar-refractivity contribution in [3.05, 3.63) is 0 Å². The summed E-state index contributed by atoms with van der Waals surface area (Å²) in [4.78, 5) is 0. The second-order valence-corrected chi connectivity index (χ2v) is 3.62. The fourth-order valence-corrected chi connectivity index (χ4v) is 2.01. The zero-order valence-corrected chi connectivity index (χ0v) is 7.15. The van der Waals surface area contributed by atoms with E-state index in [-0.39, 0.29) is 12.2 Å². The van der Waals surface area contributed by atoms with E-state index in [0.29, 0.717) is 6.61 Å². The summed E-state index contributed by atoms with van der Waals surface area (Å²) in [5.74, 6) is 0. The Bertz CT molecular complexity index is 227. The van der Waals surface area contributed by atoms with E-state index in [9.17, 15) is 0 Å². The number of aliphatic hydroxyl groups excluding tert-OH is 2. The Morgan fingerprint density at radius 3 is 3.17 bits per heavy atom. The van der Waals surface area contributed by atoms with Crippen LogP contribution in [-0.2, 0) is 9.47 Å². The van der Waals surface area contributed by atoms with Crippen molar-refractivity contribution in [2.24, 2.45) is 0 Å². The lowest BCUT2D eigenvalue weighted by molar-refractivity contribution is -0.178. The van der Waals surface area contributed by atoms with E-state index in [2.05, 4.69) is 10.2 Å². The molecule has 0 saturated carbocycles. The lowest BCUT2D eigenvalue weighted by Crippen LogP contribution is -2.49. The monoisotopic (exact) mass is 178 g/mol. The lowest BCUT2D eigenvalue weighted by Gasteiger charge is -2.31. The van der Waals surface area contributed by atoms with Crippen molar-refractivity contribution in [3.63, 3.8) is 0 Å². The number of rotatable bonds is 3. The van der Waals surface area contributed by atoms with Crippen molar-refractivity contribution in [3.8, 4) is 0 Å². The molecule has 0 aliphatic carbocycles. The summed E-state index contributed by atoms with van der Waals surface area (Å²) < 4.78 is 25.1. The minimum Gasteiger partial charge on any atom is -0.390 e. The summed E-state index contributed by atoms with van der Waals surface area (Å²) in [5.41, 5.74) is -0.784. The van der Waals surface area contributed by atoms with E-state index in [1.165, 1.54) is 0 Å². The highest BCUT2D eigenvalue weighted by atomic mass is 16.6. The molecule has 0 aromatic heterocycles. The first-order chi connectivity index (χ1) is 6.65. The molecular formula is C8H14O4. The van der Waals surface area contributed by atoms with E-state index < -0.39 is 17.8 Å². The number of aliphatic hydroxyl groups is 2. The van der Waals surface area contributed by atoms with Gasteiger partial charge in [0.2, 0.25) is 2.86 Å². The first-order valence-electron chi connectivity index (χ1n) is 5.00. The molecule has 5 atom stereocenters. The van der Waals surface area contributed by atoms with Gasteiger partial charge in [-0.25, -0.2) is 0 Å². The minimum absolute atomic E-state index is 0.114. The van der Waals surface area contributed by atoms with Gasteiger partial charge < -0.3 is 19.7 Å². The van der Waals surface area contributed by atoms with Crippen LogP contribution in [0.15, 0.2) is 0 Å². The van der Waals surface area contributed by atoms with Crippen LogP contribution >= 0.6 is 0 Å². The molecule has 2 bridgehead atoms. The number of hydrogen-bond donors (Lipinski definition) is 2. The molecule has 2 saturated heterocycles. The Morgan fingerprint density at radius 2 is 2.58 bits per heavy atom. The van der Waals surface area contributed by atoms with Crippen LogP contribution in [0.25, 0.3) is 0 Å². The van der Waals surface area contributed by atoms with Gasteiger partial charge in [-0.1, -0.05) is 0 Å². The van der Waals surface area contributed by atoms with Crippen molar-refractivity contribution in [1.29, 1.82) is 2.86 Å². The Balaban J connectivity index is 2.24. The van der Waals surface area contributed by atoms with Gasteiger partial charge in [-0.15, -0.1) is 0 Å². The van der Waals surface area contributed by atoms with Gasteiger partial charge in [0.05, 0.1) is 18.8 Å². The summed E-state index contributed by atoms with van der Waals surface area (Å²) in [6.07, 6.45) is -1.26. The van der Waals surface area contributed by atoms with E-state index in [1.54, 1.807) is 6.92 Å². The van der Waals surface area contributed by atoms with Crippen LogP contribution in [0.2, 0.25) is 0 Å². The fourth-order valence-electron chi connectivity index (χ4n) is 2.01. The van der Waals surface area contributed by atoms with Crippen molar-refractivity contribution < 1.29 is 19.7 Å². The topological polar surface area (TPSA) is 58.9 Å². The standard InChI is InChI=1S/C8H14O4/c1-4-6-7(10)8(12-4,3-11-6)5(2)9/h4-7,9-10H,3H2,1-2H3/t4-,5?,6-,7-,8-/m0/s1/i9T,10T. The fraction of sp³-hybridized carbons (Fsp3) is 1.00. The van der Waals surface area contributed by atoms with Crippen molar-refractivity contribution in [2.75, 3.05) is 6.61 Å². The van der Waals surface area contributed by atoms with E-state index in [4.69, 9.17) is 12.3 Å². The van der Waals surface area contributed by atoms with Gasteiger partial charge in [0, 0.05) is 0 Å². The van der Waals surface area contributed by atoms with Gasteiger partial charge in [-0.05, 0) is 13.8 Å². The predicted octanol–water partition coefficient (Wildman–Crippen LogP) is -0.716. The number of fused-ring (bicyclic) bond motifs is 2. The molecule has 1 unspecified atom stereocenters. The zero-order valence-electron chi connectivity index (χ0n) is 9.15. The van der Waals surface area contributed by atoms with Crippen molar-refractivity contribution in [1.82, 2.24) is 0 Å². The lowest BCUT2D eigenvalue weighted by atomic mass is 9.93. The second-order valence-electron chi connectivity index (χ2n) is 3.62. The highest BCUT2D eigenvalue weighted by molar-refractivity contribution is 5.09. The zero-order chi connectivity index (χ0) is 10.3. The van der Waals surface area contributed by atoms with Crippen LogP contribution < -0.4 is 0 Å². The molecule has 4 nitrogen and oxygen atoms in total. The number of ether oxygens (including phenoxy) is 2. The second kappa shape index (κ2) is 2.42. The summed E-state index contributed by atoms with van der Waals surface area (Å²) >= 11 is 0. The summed E-state index contributed by atoms with van der Waals surface area (Å²) in [7, 11) is 0. The van der Waals surface area contributed by atoms with Crippen LogP contribution in [0.1, 0.15) is 13.8 Å². The summed E-state index contributed by atoms with van der Waals surface area (Å²) in [6.45, 7) is 3.92. The molecule has 2 rings (SSSR count). The largest absolute Gasteiger partial charge is 0.390 e. The predicted molar refractivity (Wildman–Crippen MR) is 40.7 cm³/mol. The maximum absolute atomic E-state index is 7.01. The minimum atomic E-state index is -0.784. The molecule has 12 heavy (non-hydrogen) atoms. The molecule has 0 aromatic carbocycles. The third kappa shape index (κ3) is 0.808. The van der Waals surface area contributed by atoms with E-state index in [0.717, 1.165) is 0 Å². The van der Waals surface area contributed by atoms with Gasteiger partial charge >= 0.3 is 0 Å². The van der Waals surface area contributed by atoms with Gasteiger partial charge in [0.15, 0.2) is 0 Å². The maximum Gasteiger partial charge on any atom is 0.211 e. The molecular weight excluding hydrogens is 160 g/mol. The normalized spacial score (nSPS) is 56.7. The molecule has 0 spiro atoms.